The molecule has 0 radical (unpaired) electrons. The summed E-state index contributed by atoms with van der Waals surface area (Å²) >= 11 is 12.3. The van der Waals surface area contributed by atoms with Crippen molar-refractivity contribution in [3.05, 3.63) is 87.7 Å². The lowest BCUT2D eigenvalue weighted by Gasteiger charge is -2.27. The molecule has 1 fully saturated rings. The second kappa shape index (κ2) is 10.1. The molecular formula is C25H22Cl2N2O3. The lowest BCUT2D eigenvalue weighted by atomic mass is 10.1. The number of hydrogen-bond acceptors (Lipinski definition) is 3. The molecule has 32 heavy (non-hydrogen) atoms. The van der Waals surface area contributed by atoms with E-state index in [1.165, 1.54) is 0 Å². The van der Waals surface area contributed by atoms with E-state index in [9.17, 15) is 9.59 Å². The van der Waals surface area contributed by atoms with Gasteiger partial charge in [-0.1, -0.05) is 41.4 Å². The van der Waals surface area contributed by atoms with E-state index in [0.29, 0.717) is 45.8 Å². The van der Waals surface area contributed by atoms with Gasteiger partial charge in [0.15, 0.2) is 0 Å². The number of carbonyl (C=O) groups is 2. The third-order valence-corrected chi connectivity index (χ3v) is 5.82. The van der Waals surface area contributed by atoms with Crippen LogP contribution in [0.2, 0.25) is 10.0 Å². The lowest BCUT2D eigenvalue weighted by Crippen LogP contribution is -2.41. The quantitative estimate of drug-likeness (QED) is 0.464. The van der Waals surface area contributed by atoms with Crippen LogP contribution in [0, 0.1) is 0 Å². The van der Waals surface area contributed by atoms with Crippen LogP contribution in [0.15, 0.2) is 70.8 Å². The zero-order chi connectivity index (χ0) is 22.5. The first-order valence-electron chi connectivity index (χ1n) is 10.4. The molecule has 164 valence electrons. The normalized spacial score (nSPS) is 14.3. The summed E-state index contributed by atoms with van der Waals surface area (Å²) in [4.78, 5) is 27.7. The van der Waals surface area contributed by atoms with E-state index in [0.717, 1.165) is 19.3 Å². The van der Waals surface area contributed by atoms with Gasteiger partial charge in [-0.2, -0.15) is 0 Å². The molecule has 0 unspecified atom stereocenters. The Morgan fingerprint density at radius 3 is 2.41 bits per heavy atom. The van der Waals surface area contributed by atoms with Crippen LogP contribution in [0.3, 0.4) is 0 Å². The van der Waals surface area contributed by atoms with Crippen molar-refractivity contribution in [2.24, 2.45) is 0 Å². The maximum atomic E-state index is 13.2. The highest BCUT2D eigenvalue weighted by Crippen LogP contribution is 2.32. The van der Waals surface area contributed by atoms with Crippen molar-refractivity contribution in [1.82, 2.24) is 10.2 Å². The minimum atomic E-state index is -0.352. The first kappa shape index (κ1) is 22.2. The van der Waals surface area contributed by atoms with Gasteiger partial charge in [-0.15, -0.1) is 0 Å². The van der Waals surface area contributed by atoms with E-state index >= 15 is 0 Å². The largest absolute Gasteiger partial charge is 0.457 e. The van der Waals surface area contributed by atoms with Gasteiger partial charge in [0.25, 0.3) is 11.8 Å². The topological polar surface area (TPSA) is 62.6 Å². The smallest absolute Gasteiger partial charge is 0.270 e. The van der Waals surface area contributed by atoms with Crippen molar-refractivity contribution >= 4 is 41.1 Å². The van der Waals surface area contributed by atoms with Crippen molar-refractivity contribution < 1.29 is 14.0 Å². The Labute approximate surface area is 196 Å². The van der Waals surface area contributed by atoms with Crippen LogP contribution in [0.25, 0.3) is 17.4 Å². The Bertz CT molecular complexity index is 1150. The number of likely N-dealkylation sites (tertiary alicyclic amines) is 1. The van der Waals surface area contributed by atoms with Crippen molar-refractivity contribution in [3.8, 4) is 11.3 Å². The van der Waals surface area contributed by atoms with E-state index in [1.807, 2.05) is 6.07 Å². The van der Waals surface area contributed by atoms with E-state index in [4.69, 9.17) is 27.6 Å². The fourth-order valence-corrected chi connectivity index (χ4v) is 4.11. The molecule has 0 aliphatic carbocycles. The summed E-state index contributed by atoms with van der Waals surface area (Å²) in [6.45, 7) is 1.34. The van der Waals surface area contributed by atoms with E-state index in [1.54, 1.807) is 65.6 Å². The van der Waals surface area contributed by atoms with Crippen LogP contribution >= 0.6 is 23.2 Å². The number of benzene rings is 2. The van der Waals surface area contributed by atoms with Crippen molar-refractivity contribution in [2.45, 2.75) is 19.3 Å². The number of furan rings is 1. The fourth-order valence-electron chi connectivity index (χ4n) is 3.61. The first-order valence-corrected chi connectivity index (χ1v) is 11.2. The summed E-state index contributed by atoms with van der Waals surface area (Å²) in [5.74, 6) is 0.392. The highest BCUT2D eigenvalue weighted by molar-refractivity contribution is 6.36. The van der Waals surface area contributed by atoms with Gasteiger partial charge in [0.1, 0.15) is 17.2 Å². The highest BCUT2D eigenvalue weighted by atomic mass is 35.5. The summed E-state index contributed by atoms with van der Waals surface area (Å²) in [5, 5.41) is 3.77. The molecule has 4 rings (SSSR count). The SMILES string of the molecule is O=C(NC(=Cc1ccc(-c2ccc(Cl)cc2Cl)o1)C(=O)N1CCCCC1)c1ccccc1. The molecule has 5 nitrogen and oxygen atoms in total. The van der Waals surface area contributed by atoms with Gasteiger partial charge in [0, 0.05) is 35.3 Å². The molecule has 3 aromatic rings. The zero-order valence-electron chi connectivity index (χ0n) is 17.3. The number of piperidine rings is 1. The van der Waals surface area contributed by atoms with E-state index in [-0.39, 0.29) is 17.5 Å². The minimum Gasteiger partial charge on any atom is -0.457 e. The molecule has 7 heteroatoms. The average molecular weight is 469 g/mol. The predicted molar refractivity (Wildman–Crippen MR) is 126 cm³/mol. The molecule has 2 amide bonds. The Kier molecular flexibility index (Phi) is 6.98. The maximum Gasteiger partial charge on any atom is 0.270 e. The standard InChI is InChI=1S/C25H22Cl2N2O3/c26-18-9-11-20(21(27)15-18)23-12-10-19(32-23)16-22(25(31)29-13-5-2-6-14-29)28-24(30)17-7-3-1-4-8-17/h1,3-4,7-12,15-16H,2,5-6,13-14H2,(H,28,30). The second-order valence-electron chi connectivity index (χ2n) is 7.56. The molecular weight excluding hydrogens is 447 g/mol. The maximum absolute atomic E-state index is 13.2. The third-order valence-electron chi connectivity index (χ3n) is 5.27. The summed E-state index contributed by atoms with van der Waals surface area (Å²) in [6.07, 6.45) is 4.56. The van der Waals surface area contributed by atoms with Gasteiger partial charge in [-0.3, -0.25) is 9.59 Å². The monoisotopic (exact) mass is 468 g/mol. The second-order valence-corrected chi connectivity index (χ2v) is 8.40. The van der Waals surface area contributed by atoms with Crippen molar-refractivity contribution in [2.75, 3.05) is 13.1 Å². The van der Waals surface area contributed by atoms with Crippen LogP contribution < -0.4 is 5.32 Å². The molecule has 0 spiro atoms. The van der Waals surface area contributed by atoms with Crippen molar-refractivity contribution in [1.29, 1.82) is 0 Å². The van der Waals surface area contributed by atoms with Crippen LogP contribution in [-0.4, -0.2) is 29.8 Å². The number of nitrogens with one attached hydrogen (secondary N) is 1. The molecule has 2 heterocycles. The number of nitrogens with zero attached hydrogens (tertiary/aromatic N) is 1. The molecule has 2 aromatic carbocycles. The molecule has 1 aliphatic heterocycles. The van der Waals surface area contributed by atoms with Gasteiger partial charge < -0.3 is 14.6 Å². The number of halogens is 2. The van der Waals surface area contributed by atoms with Crippen LogP contribution in [0.4, 0.5) is 0 Å². The predicted octanol–water partition coefficient (Wildman–Crippen LogP) is 6.04. The van der Waals surface area contributed by atoms with Crippen molar-refractivity contribution in [3.63, 3.8) is 0 Å². The summed E-state index contributed by atoms with van der Waals surface area (Å²) in [7, 11) is 0. The summed E-state index contributed by atoms with van der Waals surface area (Å²) < 4.78 is 5.92. The number of rotatable bonds is 5. The van der Waals surface area contributed by atoms with Gasteiger partial charge in [-0.05, 0) is 61.7 Å². The first-order chi connectivity index (χ1) is 15.5. The third kappa shape index (κ3) is 5.23. The molecule has 0 atom stereocenters. The summed E-state index contributed by atoms with van der Waals surface area (Å²) in [5.41, 5.74) is 1.33. The lowest BCUT2D eigenvalue weighted by molar-refractivity contribution is -0.128. The molecule has 1 saturated heterocycles. The highest BCUT2D eigenvalue weighted by Gasteiger charge is 2.23. The van der Waals surface area contributed by atoms with Gasteiger partial charge in [-0.25, -0.2) is 0 Å². The van der Waals surface area contributed by atoms with Gasteiger partial charge >= 0.3 is 0 Å². The van der Waals surface area contributed by atoms with E-state index in [2.05, 4.69) is 5.32 Å². The Morgan fingerprint density at radius 2 is 1.69 bits per heavy atom. The zero-order valence-corrected chi connectivity index (χ0v) is 18.8. The van der Waals surface area contributed by atoms with Crippen LogP contribution in [0.1, 0.15) is 35.4 Å². The number of hydrogen-bond donors (Lipinski definition) is 1. The minimum absolute atomic E-state index is 0.170. The molecule has 1 N–H and O–H groups in total. The van der Waals surface area contributed by atoms with Crippen LogP contribution in [0.5, 0.6) is 0 Å². The van der Waals surface area contributed by atoms with Gasteiger partial charge in [0.05, 0.1) is 5.02 Å². The molecule has 1 aliphatic rings. The van der Waals surface area contributed by atoms with E-state index < -0.39 is 0 Å². The molecule has 0 saturated carbocycles. The number of carbonyl (C=O) groups excluding carboxylic acids is 2. The fraction of sp³-hybridized carbons (Fsp3) is 0.200. The Hall–Kier alpha value is -3.02. The van der Waals surface area contributed by atoms with Crippen LogP contribution in [-0.2, 0) is 4.79 Å². The molecule has 0 bridgehead atoms. The Morgan fingerprint density at radius 1 is 0.938 bits per heavy atom. The molecule has 1 aromatic heterocycles. The van der Waals surface area contributed by atoms with Gasteiger partial charge in [0.2, 0.25) is 0 Å². The summed E-state index contributed by atoms with van der Waals surface area (Å²) in [6, 6.07) is 17.4. The average Bonchev–Trinajstić information content (AvgIpc) is 3.27. The number of amides is 2. The Balaban J connectivity index is 1.63.